The summed E-state index contributed by atoms with van der Waals surface area (Å²) >= 11 is 1.24. The average molecular weight is 270 g/mol. The molecule has 18 heavy (non-hydrogen) atoms. The Hall–Kier alpha value is -1.90. The van der Waals surface area contributed by atoms with Gasteiger partial charge in [0.05, 0.1) is 12.4 Å². The number of carbonyl (C=O) groups is 1. The van der Waals surface area contributed by atoms with Crippen molar-refractivity contribution in [1.82, 2.24) is 20.5 Å². The summed E-state index contributed by atoms with van der Waals surface area (Å²) < 4.78 is 14.4. The van der Waals surface area contributed by atoms with Gasteiger partial charge in [-0.25, -0.2) is 9.42 Å². The summed E-state index contributed by atoms with van der Waals surface area (Å²) in [7, 11) is 0. The standard InChI is InChI=1S/C9H10N4O4S/c1-3-15-8(14)7-10-11-9(16-7)18-4-6-5(2)12-17-13-6/h3-4H2,1-2H3. The van der Waals surface area contributed by atoms with Crippen LogP contribution in [0.1, 0.15) is 29.0 Å². The molecule has 2 rings (SSSR count). The lowest BCUT2D eigenvalue weighted by Crippen LogP contribution is -2.04. The molecular weight excluding hydrogens is 260 g/mol. The Bertz CT molecular complexity index is 538. The zero-order chi connectivity index (χ0) is 13.0. The Morgan fingerprint density at radius 3 is 2.89 bits per heavy atom. The predicted octanol–water partition coefficient (Wildman–Crippen LogP) is 1.23. The number of aromatic nitrogens is 4. The summed E-state index contributed by atoms with van der Waals surface area (Å²) in [5.41, 5.74) is 1.39. The highest BCUT2D eigenvalue weighted by Gasteiger charge is 2.16. The van der Waals surface area contributed by atoms with Crippen molar-refractivity contribution in [3.05, 3.63) is 17.3 Å². The van der Waals surface area contributed by atoms with Crippen molar-refractivity contribution >= 4 is 17.7 Å². The van der Waals surface area contributed by atoms with Crippen molar-refractivity contribution in [3.63, 3.8) is 0 Å². The van der Waals surface area contributed by atoms with Gasteiger partial charge in [-0.15, -0.1) is 5.10 Å². The van der Waals surface area contributed by atoms with Gasteiger partial charge < -0.3 is 9.15 Å². The van der Waals surface area contributed by atoms with Crippen molar-refractivity contribution in [2.75, 3.05) is 6.61 Å². The monoisotopic (exact) mass is 270 g/mol. The summed E-state index contributed by atoms with van der Waals surface area (Å²) in [6.07, 6.45) is 0. The molecule has 2 heterocycles. The number of aryl methyl sites for hydroxylation is 1. The molecule has 0 aliphatic carbocycles. The third-order valence-electron chi connectivity index (χ3n) is 1.94. The highest BCUT2D eigenvalue weighted by atomic mass is 32.2. The van der Waals surface area contributed by atoms with Gasteiger partial charge in [-0.1, -0.05) is 27.2 Å². The van der Waals surface area contributed by atoms with Gasteiger partial charge in [-0.3, -0.25) is 0 Å². The molecule has 0 unspecified atom stereocenters. The Balaban J connectivity index is 1.95. The molecule has 0 aliphatic heterocycles. The van der Waals surface area contributed by atoms with E-state index in [1.54, 1.807) is 13.8 Å². The van der Waals surface area contributed by atoms with Gasteiger partial charge in [0.2, 0.25) is 0 Å². The smallest absolute Gasteiger partial charge is 0.396 e. The number of carbonyl (C=O) groups excluding carboxylic acids is 1. The summed E-state index contributed by atoms with van der Waals surface area (Å²) in [5, 5.41) is 14.9. The zero-order valence-corrected chi connectivity index (χ0v) is 10.6. The average Bonchev–Trinajstić information content (AvgIpc) is 2.96. The molecule has 96 valence electrons. The first-order chi connectivity index (χ1) is 8.70. The molecule has 0 spiro atoms. The summed E-state index contributed by atoms with van der Waals surface area (Å²) in [6.45, 7) is 3.74. The minimum atomic E-state index is -0.629. The molecule has 2 aromatic heterocycles. The van der Waals surface area contributed by atoms with Gasteiger partial charge in [-0.05, 0) is 13.8 Å². The minimum absolute atomic E-state index is 0.158. The van der Waals surface area contributed by atoms with E-state index in [0.29, 0.717) is 17.1 Å². The van der Waals surface area contributed by atoms with Crippen molar-refractivity contribution in [3.8, 4) is 0 Å². The number of hydrogen-bond acceptors (Lipinski definition) is 9. The molecule has 0 amide bonds. The van der Waals surface area contributed by atoms with Crippen LogP contribution in [0, 0.1) is 6.92 Å². The van der Waals surface area contributed by atoms with Gasteiger partial charge in [0, 0.05) is 0 Å². The maximum absolute atomic E-state index is 11.3. The second kappa shape index (κ2) is 5.63. The molecule has 8 nitrogen and oxygen atoms in total. The third kappa shape index (κ3) is 2.86. The number of rotatable bonds is 5. The number of nitrogens with zero attached hydrogens (tertiary/aromatic N) is 4. The van der Waals surface area contributed by atoms with E-state index in [4.69, 9.17) is 9.15 Å². The first-order valence-corrected chi connectivity index (χ1v) is 6.10. The second-order valence-electron chi connectivity index (χ2n) is 3.18. The van der Waals surface area contributed by atoms with Gasteiger partial charge in [0.1, 0.15) is 11.4 Å². The van der Waals surface area contributed by atoms with E-state index in [1.165, 1.54) is 11.8 Å². The van der Waals surface area contributed by atoms with Crippen molar-refractivity contribution in [1.29, 1.82) is 0 Å². The highest BCUT2D eigenvalue weighted by molar-refractivity contribution is 7.98. The summed E-state index contributed by atoms with van der Waals surface area (Å²) in [4.78, 5) is 11.3. The van der Waals surface area contributed by atoms with Crippen LogP contribution in [0.2, 0.25) is 0 Å². The SMILES string of the molecule is CCOC(=O)c1nnc(SCc2nonc2C)o1. The van der Waals surface area contributed by atoms with E-state index >= 15 is 0 Å². The molecule has 0 bridgehead atoms. The number of ether oxygens (including phenoxy) is 1. The van der Waals surface area contributed by atoms with E-state index < -0.39 is 5.97 Å². The van der Waals surface area contributed by atoms with Crippen LogP contribution in [0.25, 0.3) is 0 Å². The van der Waals surface area contributed by atoms with Crippen molar-refractivity contribution < 1.29 is 18.6 Å². The quantitative estimate of drug-likeness (QED) is 0.585. The lowest BCUT2D eigenvalue weighted by Gasteiger charge is -1.94. The molecule has 0 radical (unpaired) electrons. The Morgan fingerprint density at radius 2 is 2.22 bits per heavy atom. The molecule has 0 aliphatic rings. The van der Waals surface area contributed by atoms with Crippen LogP contribution in [0.5, 0.6) is 0 Å². The molecule has 9 heteroatoms. The summed E-state index contributed by atoms with van der Waals surface area (Å²) in [5.74, 6) is -0.315. The van der Waals surface area contributed by atoms with E-state index in [9.17, 15) is 4.79 Å². The van der Waals surface area contributed by atoms with E-state index in [1.807, 2.05) is 0 Å². The molecule has 0 N–H and O–H groups in total. The third-order valence-corrected chi connectivity index (χ3v) is 2.76. The van der Waals surface area contributed by atoms with E-state index in [-0.39, 0.29) is 17.7 Å². The predicted molar refractivity (Wildman–Crippen MR) is 58.9 cm³/mol. The molecule has 0 atom stereocenters. The van der Waals surface area contributed by atoms with Crippen LogP contribution in [-0.4, -0.2) is 33.1 Å². The van der Waals surface area contributed by atoms with Crippen molar-refractivity contribution in [2.45, 2.75) is 24.8 Å². The lowest BCUT2D eigenvalue weighted by molar-refractivity contribution is 0.0475. The number of thioether (sulfide) groups is 1. The first-order valence-electron chi connectivity index (χ1n) is 5.12. The van der Waals surface area contributed by atoms with E-state index in [2.05, 4.69) is 25.1 Å². The van der Waals surface area contributed by atoms with Gasteiger partial charge in [0.15, 0.2) is 0 Å². The van der Waals surface area contributed by atoms with Crippen LogP contribution in [0.15, 0.2) is 14.3 Å². The summed E-state index contributed by atoms with van der Waals surface area (Å²) in [6, 6.07) is 0. The zero-order valence-electron chi connectivity index (χ0n) is 9.74. The van der Waals surface area contributed by atoms with Crippen LogP contribution in [-0.2, 0) is 10.5 Å². The molecule has 2 aromatic rings. The van der Waals surface area contributed by atoms with Crippen LogP contribution >= 0.6 is 11.8 Å². The first kappa shape index (κ1) is 12.6. The molecule has 0 aromatic carbocycles. The normalized spacial score (nSPS) is 10.6. The fourth-order valence-electron chi connectivity index (χ4n) is 1.05. The Morgan fingerprint density at radius 1 is 1.39 bits per heavy atom. The van der Waals surface area contributed by atoms with Crippen LogP contribution in [0.3, 0.4) is 0 Å². The number of hydrogen-bond donors (Lipinski definition) is 0. The lowest BCUT2D eigenvalue weighted by atomic mass is 10.4. The minimum Gasteiger partial charge on any atom is -0.459 e. The van der Waals surface area contributed by atoms with Crippen LogP contribution in [0.4, 0.5) is 0 Å². The Labute approximate surface area is 106 Å². The van der Waals surface area contributed by atoms with Crippen LogP contribution < -0.4 is 0 Å². The largest absolute Gasteiger partial charge is 0.459 e. The fourth-order valence-corrected chi connectivity index (χ4v) is 1.81. The molecule has 0 fully saturated rings. The fraction of sp³-hybridized carbons (Fsp3) is 0.444. The molecular formula is C9H10N4O4S. The van der Waals surface area contributed by atoms with Gasteiger partial charge >= 0.3 is 11.9 Å². The maximum Gasteiger partial charge on any atom is 0.396 e. The molecule has 0 saturated heterocycles. The van der Waals surface area contributed by atoms with Gasteiger partial charge in [-0.2, -0.15) is 0 Å². The number of esters is 1. The topological polar surface area (TPSA) is 104 Å². The van der Waals surface area contributed by atoms with E-state index in [0.717, 1.165) is 0 Å². The molecule has 0 saturated carbocycles. The van der Waals surface area contributed by atoms with Crippen molar-refractivity contribution in [2.24, 2.45) is 0 Å². The second-order valence-corrected chi connectivity index (χ2v) is 4.11. The van der Waals surface area contributed by atoms with Gasteiger partial charge in [0.25, 0.3) is 5.22 Å². The maximum atomic E-state index is 11.3. The Kier molecular flexibility index (Phi) is 3.92. The highest BCUT2D eigenvalue weighted by Crippen LogP contribution is 2.21.